The van der Waals surface area contributed by atoms with Crippen LogP contribution in [0.3, 0.4) is 0 Å². The summed E-state index contributed by atoms with van der Waals surface area (Å²) in [7, 11) is 2.78. The number of benzene rings is 1. The molecule has 1 aromatic heterocycles. The molecule has 1 aromatic carbocycles. The van der Waals surface area contributed by atoms with Crippen LogP contribution < -0.4 is 10.1 Å². The molecule has 0 N–H and O–H groups in total. The van der Waals surface area contributed by atoms with Gasteiger partial charge in [-0.25, -0.2) is 4.79 Å². The molecule has 3 nitrogen and oxygen atoms in total. The Kier molecular flexibility index (Phi) is 1.90. The zero-order chi connectivity index (χ0) is 9.26. The molecule has 0 saturated heterocycles. The SMILES string of the molecule is O=c1oc2ccccc2cc1O[Si]. The lowest BCUT2D eigenvalue weighted by molar-refractivity contribution is 0.504. The predicted octanol–water partition coefficient (Wildman–Crippen LogP) is 1.26. The van der Waals surface area contributed by atoms with Gasteiger partial charge in [-0.15, -0.1) is 0 Å². The highest BCUT2D eigenvalue weighted by molar-refractivity contribution is 6.00. The molecule has 0 unspecified atom stereocenters. The summed E-state index contributed by atoms with van der Waals surface area (Å²) in [6, 6.07) is 8.86. The van der Waals surface area contributed by atoms with Crippen LogP contribution in [0.4, 0.5) is 0 Å². The van der Waals surface area contributed by atoms with Crippen LogP contribution in [0.1, 0.15) is 0 Å². The molecule has 4 heteroatoms. The Morgan fingerprint density at radius 2 is 2.08 bits per heavy atom. The molecule has 2 rings (SSSR count). The first-order valence-electron chi connectivity index (χ1n) is 3.68. The van der Waals surface area contributed by atoms with Gasteiger partial charge in [-0.2, -0.15) is 0 Å². The maximum absolute atomic E-state index is 11.1. The summed E-state index contributed by atoms with van der Waals surface area (Å²) in [6.07, 6.45) is 0. The standard InChI is InChI=1S/C9H5O3Si/c10-9-8(12-13)5-6-3-1-2-4-7(6)11-9/h1-5H. The smallest absolute Gasteiger partial charge is 0.377 e. The van der Waals surface area contributed by atoms with E-state index in [2.05, 4.69) is 14.9 Å². The normalized spacial score (nSPS) is 10.2. The van der Waals surface area contributed by atoms with Crippen LogP contribution in [0.5, 0.6) is 5.75 Å². The van der Waals surface area contributed by atoms with E-state index in [-0.39, 0.29) is 5.75 Å². The first-order chi connectivity index (χ1) is 6.31. The van der Waals surface area contributed by atoms with E-state index in [1.807, 2.05) is 12.1 Å². The van der Waals surface area contributed by atoms with E-state index in [1.165, 1.54) is 0 Å². The van der Waals surface area contributed by atoms with Gasteiger partial charge in [0, 0.05) is 5.39 Å². The molecule has 63 valence electrons. The third-order valence-corrected chi connectivity index (χ3v) is 1.94. The van der Waals surface area contributed by atoms with Crippen molar-refractivity contribution in [3.63, 3.8) is 0 Å². The second-order valence-corrected chi connectivity index (χ2v) is 2.74. The molecule has 3 radical (unpaired) electrons. The van der Waals surface area contributed by atoms with Crippen molar-refractivity contribution in [3.05, 3.63) is 40.8 Å². The van der Waals surface area contributed by atoms with E-state index in [0.29, 0.717) is 5.58 Å². The summed E-state index contributed by atoms with van der Waals surface area (Å²) in [4.78, 5) is 11.1. The van der Waals surface area contributed by atoms with Crippen LogP contribution in [0, 0.1) is 0 Å². The van der Waals surface area contributed by atoms with Gasteiger partial charge in [0.2, 0.25) is 0 Å². The molecule has 0 aliphatic carbocycles. The van der Waals surface area contributed by atoms with Crippen molar-refractivity contribution in [1.82, 2.24) is 0 Å². The van der Waals surface area contributed by atoms with Gasteiger partial charge in [0.25, 0.3) is 0 Å². The molecule has 13 heavy (non-hydrogen) atoms. The summed E-state index contributed by atoms with van der Waals surface area (Å²) < 4.78 is 9.62. The average molecular weight is 189 g/mol. The number of fused-ring (bicyclic) bond motifs is 1. The van der Waals surface area contributed by atoms with Gasteiger partial charge in [0.05, 0.1) is 0 Å². The lowest BCUT2D eigenvalue weighted by Crippen LogP contribution is -2.03. The first-order valence-corrected chi connectivity index (χ1v) is 4.08. The highest BCUT2D eigenvalue weighted by atomic mass is 28.2. The van der Waals surface area contributed by atoms with Crippen molar-refractivity contribution >= 4 is 21.5 Å². The van der Waals surface area contributed by atoms with Crippen molar-refractivity contribution < 1.29 is 8.84 Å². The summed E-state index contributed by atoms with van der Waals surface area (Å²) >= 11 is 0. The minimum absolute atomic E-state index is 0.148. The van der Waals surface area contributed by atoms with Crippen molar-refractivity contribution in [2.24, 2.45) is 0 Å². The third-order valence-electron chi connectivity index (χ3n) is 1.72. The quantitative estimate of drug-likeness (QED) is 0.500. The number of para-hydroxylation sites is 1. The Morgan fingerprint density at radius 1 is 1.31 bits per heavy atom. The zero-order valence-electron chi connectivity index (χ0n) is 6.61. The van der Waals surface area contributed by atoms with Gasteiger partial charge < -0.3 is 8.84 Å². The lowest BCUT2D eigenvalue weighted by Gasteiger charge is -1.99. The number of hydrogen-bond acceptors (Lipinski definition) is 3. The second kappa shape index (κ2) is 3.06. The highest BCUT2D eigenvalue weighted by Gasteiger charge is 2.02. The maximum Gasteiger partial charge on any atom is 0.377 e. The average Bonchev–Trinajstić information content (AvgIpc) is 2.17. The van der Waals surface area contributed by atoms with E-state index < -0.39 is 5.63 Å². The summed E-state index contributed by atoms with van der Waals surface area (Å²) in [5.74, 6) is 0.148. The van der Waals surface area contributed by atoms with Crippen molar-refractivity contribution in [3.8, 4) is 5.75 Å². The lowest BCUT2D eigenvalue weighted by atomic mass is 10.2. The number of rotatable bonds is 1. The van der Waals surface area contributed by atoms with E-state index in [0.717, 1.165) is 5.39 Å². The molecule has 2 aromatic rings. The Bertz CT molecular complexity index is 489. The van der Waals surface area contributed by atoms with Crippen molar-refractivity contribution in [2.45, 2.75) is 0 Å². The zero-order valence-corrected chi connectivity index (χ0v) is 7.61. The van der Waals surface area contributed by atoms with Crippen LogP contribution in [-0.2, 0) is 0 Å². The molecule has 0 spiro atoms. The number of hydrogen-bond donors (Lipinski definition) is 0. The molecule has 0 saturated carbocycles. The van der Waals surface area contributed by atoms with Crippen LogP contribution in [0.15, 0.2) is 39.5 Å². The monoisotopic (exact) mass is 189 g/mol. The largest absolute Gasteiger partial charge is 0.536 e. The minimum Gasteiger partial charge on any atom is -0.536 e. The Balaban J connectivity index is 2.81. The van der Waals surface area contributed by atoms with E-state index in [1.54, 1.807) is 18.2 Å². The summed E-state index contributed by atoms with van der Waals surface area (Å²) in [6.45, 7) is 0. The summed E-state index contributed by atoms with van der Waals surface area (Å²) in [5.41, 5.74) is 0.0636. The van der Waals surface area contributed by atoms with Crippen LogP contribution in [0.25, 0.3) is 11.0 Å². The minimum atomic E-state index is -0.492. The van der Waals surface area contributed by atoms with E-state index in [9.17, 15) is 4.79 Å². The molecular weight excluding hydrogens is 184 g/mol. The molecule has 0 fully saturated rings. The molecule has 0 aliphatic rings. The van der Waals surface area contributed by atoms with Crippen LogP contribution in [0.2, 0.25) is 0 Å². The van der Waals surface area contributed by atoms with Gasteiger partial charge in [0.15, 0.2) is 5.75 Å². The third kappa shape index (κ3) is 1.36. The molecule has 1 heterocycles. The van der Waals surface area contributed by atoms with Gasteiger partial charge in [-0.3, -0.25) is 0 Å². The van der Waals surface area contributed by atoms with Gasteiger partial charge >= 0.3 is 16.1 Å². The van der Waals surface area contributed by atoms with Crippen LogP contribution >= 0.6 is 0 Å². The summed E-state index contributed by atoms with van der Waals surface area (Å²) in [5, 5.41) is 0.829. The van der Waals surface area contributed by atoms with Crippen LogP contribution in [-0.4, -0.2) is 10.5 Å². The molecule has 0 bridgehead atoms. The maximum atomic E-state index is 11.1. The fourth-order valence-corrected chi connectivity index (χ4v) is 1.26. The Morgan fingerprint density at radius 3 is 2.85 bits per heavy atom. The van der Waals surface area contributed by atoms with Crippen molar-refractivity contribution in [2.75, 3.05) is 0 Å². The second-order valence-electron chi connectivity index (χ2n) is 2.54. The van der Waals surface area contributed by atoms with E-state index in [4.69, 9.17) is 4.42 Å². The van der Waals surface area contributed by atoms with Crippen molar-refractivity contribution in [1.29, 1.82) is 0 Å². The Labute approximate surface area is 77.5 Å². The topological polar surface area (TPSA) is 39.4 Å². The highest BCUT2D eigenvalue weighted by Crippen LogP contribution is 2.15. The van der Waals surface area contributed by atoms with Gasteiger partial charge in [0.1, 0.15) is 5.58 Å². The fraction of sp³-hybridized carbons (Fsp3) is 0. The molecule has 0 amide bonds. The first kappa shape index (κ1) is 8.06. The van der Waals surface area contributed by atoms with Gasteiger partial charge in [-0.05, 0) is 12.1 Å². The predicted molar refractivity (Wildman–Crippen MR) is 48.9 cm³/mol. The Hall–Kier alpha value is -1.55. The fourth-order valence-electron chi connectivity index (χ4n) is 1.11. The molecule has 0 aliphatic heterocycles. The van der Waals surface area contributed by atoms with E-state index >= 15 is 0 Å². The molecular formula is C9H5O3Si. The van der Waals surface area contributed by atoms with Gasteiger partial charge in [-0.1, -0.05) is 18.2 Å². The molecule has 0 atom stereocenters.